The second-order valence-electron chi connectivity index (χ2n) is 4.92. The molecule has 4 N–H and O–H groups in total. The van der Waals surface area contributed by atoms with Crippen LogP contribution in [0.2, 0.25) is 0 Å². The third-order valence-electron chi connectivity index (χ3n) is 3.42. The normalized spacial score (nSPS) is 23.3. The molecule has 1 aliphatic rings. The lowest BCUT2D eigenvalue weighted by molar-refractivity contribution is -0.122. The average molecular weight is 328 g/mol. The summed E-state index contributed by atoms with van der Waals surface area (Å²) in [6.07, 6.45) is 0.296. The van der Waals surface area contributed by atoms with Gasteiger partial charge in [0.1, 0.15) is 12.2 Å². The van der Waals surface area contributed by atoms with Crippen LogP contribution < -0.4 is 10.9 Å². The Morgan fingerprint density at radius 3 is 2.78 bits per heavy atom. The van der Waals surface area contributed by atoms with Crippen LogP contribution in [-0.4, -0.2) is 63.7 Å². The van der Waals surface area contributed by atoms with E-state index in [1.54, 1.807) is 7.05 Å². The Kier molecular flexibility index (Phi) is 7.39. The van der Waals surface area contributed by atoms with E-state index in [4.69, 9.17) is 19.7 Å². The van der Waals surface area contributed by atoms with Gasteiger partial charge in [-0.05, 0) is 12.5 Å². The van der Waals surface area contributed by atoms with Crippen LogP contribution in [0, 0.1) is 0 Å². The molecule has 3 atom stereocenters. The first kappa shape index (κ1) is 18.8. The molecule has 1 fully saturated rings. The lowest BCUT2D eigenvalue weighted by Crippen LogP contribution is -2.54. The average Bonchev–Trinajstić information content (AvgIpc) is 2.52. The fourth-order valence-corrected chi connectivity index (χ4v) is 2.13. The highest BCUT2D eigenvalue weighted by Crippen LogP contribution is 2.15. The molecule has 0 saturated carbocycles. The highest BCUT2D eigenvalue weighted by molar-refractivity contribution is 5.94. The maximum Gasteiger partial charge on any atom is 0.290 e. The number of aliphatic hydroxyl groups is 2. The molecule has 1 saturated heterocycles. The van der Waals surface area contributed by atoms with Crippen LogP contribution in [0.25, 0.3) is 0 Å². The quantitative estimate of drug-likeness (QED) is 0.486. The number of hydrogen-bond acceptors (Lipinski definition) is 6. The summed E-state index contributed by atoms with van der Waals surface area (Å²) in [4.78, 5) is 31.9. The molecule has 0 aromatic carbocycles. The zero-order valence-electron chi connectivity index (χ0n) is 12.6. The number of pyridine rings is 1. The number of carbonyl (C=O) groups excluding carboxylic acids is 1. The Morgan fingerprint density at radius 1 is 1.57 bits per heavy atom. The van der Waals surface area contributed by atoms with Gasteiger partial charge in [0.05, 0.1) is 12.6 Å². The number of amides is 1. The summed E-state index contributed by atoms with van der Waals surface area (Å²) in [5, 5.41) is 28.6. The summed E-state index contributed by atoms with van der Waals surface area (Å²) in [5.41, 5.74) is -0.0363. The number of rotatable bonds is 3. The molecule has 1 aliphatic heterocycles. The van der Waals surface area contributed by atoms with E-state index in [-0.39, 0.29) is 24.2 Å². The molecule has 2 heterocycles. The number of carboxylic acid groups (broad SMARTS) is 1. The number of ether oxygens (including phenoxy) is 1. The van der Waals surface area contributed by atoms with E-state index in [0.29, 0.717) is 13.0 Å². The van der Waals surface area contributed by atoms with Crippen LogP contribution in [0.3, 0.4) is 0 Å². The third kappa shape index (κ3) is 5.16. The van der Waals surface area contributed by atoms with Crippen LogP contribution >= 0.6 is 0 Å². The predicted molar refractivity (Wildman–Crippen MR) is 79.1 cm³/mol. The fraction of sp³-hybridized carbons (Fsp3) is 0.500. The third-order valence-corrected chi connectivity index (χ3v) is 3.42. The van der Waals surface area contributed by atoms with Gasteiger partial charge in [-0.15, -0.1) is 0 Å². The van der Waals surface area contributed by atoms with Gasteiger partial charge in [0.25, 0.3) is 17.9 Å². The van der Waals surface area contributed by atoms with Gasteiger partial charge in [-0.1, -0.05) is 0 Å². The minimum atomic E-state index is -0.968. The molecule has 0 aliphatic carbocycles. The van der Waals surface area contributed by atoms with Crippen molar-refractivity contribution >= 4 is 12.4 Å². The van der Waals surface area contributed by atoms with E-state index in [1.807, 2.05) is 0 Å². The van der Waals surface area contributed by atoms with Crippen molar-refractivity contribution in [3.8, 4) is 0 Å². The van der Waals surface area contributed by atoms with Crippen LogP contribution in [0.15, 0.2) is 23.1 Å². The molecule has 23 heavy (non-hydrogen) atoms. The molecule has 128 valence electrons. The van der Waals surface area contributed by atoms with Crippen LogP contribution in [0.5, 0.6) is 0 Å². The van der Waals surface area contributed by atoms with Crippen molar-refractivity contribution in [1.29, 1.82) is 0 Å². The number of nitrogens with one attached hydrogen (secondary N) is 1. The van der Waals surface area contributed by atoms with E-state index in [2.05, 4.69) is 5.32 Å². The zero-order valence-corrected chi connectivity index (χ0v) is 12.6. The number of nitrogens with zero attached hydrogens (tertiary/aromatic N) is 1. The molecule has 1 aromatic rings. The summed E-state index contributed by atoms with van der Waals surface area (Å²) in [6, 6.07) is 2.27. The highest BCUT2D eigenvalue weighted by atomic mass is 16.5. The molecule has 0 radical (unpaired) electrons. The monoisotopic (exact) mass is 328 g/mol. The standard InChI is InChI=1S/C13H18N2O5.CH2O2/c1-15-4-2-8(6-11(15)17)13(19)14-9-3-5-20-10(7-16)12(9)18;2-1-3/h2,4,6,9-10,12,16,18H,3,5,7H2,1H3,(H,14,19);1H,(H,2,3)/t9-,10+,12-;/m0./s1. The summed E-state index contributed by atoms with van der Waals surface area (Å²) < 4.78 is 6.55. The van der Waals surface area contributed by atoms with Gasteiger partial charge in [0, 0.05) is 31.5 Å². The maximum atomic E-state index is 12.0. The van der Waals surface area contributed by atoms with Crippen molar-refractivity contribution in [2.75, 3.05) is 13.2 Å². The van der Waals surface area contributed by atoms with Gasteiger partial charge < -0.3 is 29.9 Å². The van der Waals surface area contributed by atoms with Gasteiger partial charge in [-0.2, -0.15) is 0 Å². The zero-order chi connectivity index (χ0) is 17.4. The molecule has 9 heteroatoms. The van der Waals surface area contributed by atoms with E-state index >= 15 is 0 Å². The Labute approximate surface area is 132 Å². The van der Waals surface area contributed by atoms with E-state index < -0.39 is 24.2 Å². The number of aryl methyl sites for hydroxylation is 1. The largest absolute Gasteiger partial charge is 0.483 e. The van der Waals surface area contributed by atoms with E-state index in [1.165, 1.54) is 22.9 Å². The number of hydrogen-bond donors (Lipinski definition) is 4. The SMILES string of the molecule is Cn1ccc(C(=O)N[C@H]2CCO[C@H](CO)[C@H]2O)cc1=O.O=CO. The van der Waals surface area contributed by atoms with Crippen LogP contribution in [-0.2, 0) is 16.6 Å². The Bertz CT molecular complexity index is 587. The van der Waals surface area contributed by atoms with Gasteiger partial charge in [-0.3, -0.25) is 14.4 Å². The second kappa shape index (κ2) is 9.03. The molecule has 9 nitrogen and oxygen atoms in total. The smallest absolute Gasteiger partial charge is 0.290 e. The first-order chi connectivity index (χ1) is 10.9. The lowest BCUT2D eigenvalue weighted by atomic mass is 9.99. The van der Waals surface area contributed by atoms with Gasteiger partial charge >= 0.3 is 0 Å². The van der Waals surface area contributed by atoms with Gasteiger partial charge in [-0.25, -0.2) is 0 Å². The summed E-state index contributed by atoms with van der Waals surface area (Å²) in [7, 11) is 1.60. The molecular weight excluding hydrogens is 308 g/mol. The van der Waals surface area contributed by atoms with Crippen LogP contribution in [0.1, 0.15) is 16.8 Å². The molecule has 0 spiro atoms. The minimum Gasteiger partial charge on any atom is -0.483 e. The van der Waals surface area contributed by atoms with Crippen molar-refractivity contribution < 1.29 is 29.6 Å². The van der Waals surface area contributed by atoms with Gasteiger partial charge in [0.2, 0.25) is 0 Å². The van der Waals surface area contributed by atoms with Crippen molar-refractivity contribution in [2.45, 2.75) is 24.7 Å². The number of aliphatic hydroxyl groups excluding tert-OH is 2. The summed E-state index contributed by atoms with van der Waals surface area (Å²) in [5.74, 6) is -0.426. The van der Waals surface area contributed by atoms with Crippen LogP contribution in [0.4, 0.5) is 0 Å². The Balaban J connectivity index is 0.000000816. The summed E-state index contributed by atoms with van der Waals surface area (Å²) in [6.45, 7) is -0.205. The lowest BCUT2D eigenvalue weighted by Gasteiger charge is -2.34. The maximum absolute atomic E-state index is 12.0. The molecular formula is C14H20N2O7. The number of carbonyl (C=O) groups is 2. The number of aromatic nitrogens is 1. The molecule has 2 rings (SSSR count). The van der Waals surface area contributed by atoms with Crippen molar-refractivity contribution in [1.82, 2.24) is 9.88 Å². The minimum absolute atomic E-state index is 0.243. The summed E-state index contributed by atoms with van der Waals surface area (Å²) >= 11 is 0. The first-order valence-electron chi connectivity index (χ1n) is 6.90. The van der Waals surface area contributed by atoms with Crippen molar-refractivity contribution in [3.05, 3.63) is 34.2 Å². The molecule has 0 unspecified atom stereocenters. The highest BCUT2D eigenvalue weighted by Gasteiger charge is 2.33. The van der Waals surface area contributed by atoms with E-state index in [9.17, 15) is 14.7 Å². The molecule has 1 amide bonds. The first-order valence-corrected chi connectivity index (χ1v) is 6.90. The molecule has 0 bridgehead atoms. The Hall–Kier alpha value is -2.23. The fourth-order valence-electron chi connectivity index (χ4n) is 2.13. The van der Waals surface area contributed by atoms with Crippen molar-refractivity contribution in [3.63, 3.8) is 0 Å². The van der Waals surface area contributed by atoms with E-state index in [0.717, 1.165) is 0 Å². The Morgan fingerprint density at radius 2 is 2.22 bits per heavy atom. The van der Waals surface area contributed by atoms with Gasteiger partial charge in [0.15, 0.2) is 0 Å². The predicted octanol–water partition coefficient (Wildman–Crippen LogP) is -1.67. The topological polar surface area (TPSA) is 138 Å². The molecule has 1 aromatic heterocycles. The van der Waals surface area contributed by atoms with Crippen molar-refractivity contribution in [2.24, 2.45) is 7.05 Å². The second-order valence-corrected chi connectivity index (χ2v) is 4.92.